The summed E-state index contributed by atoms with van der Waals surface area (Å²) in [5.41, 5.74) is 3.05. The standard InChI is InChI=1S/C21H17ClN2O2/c1-14-15(2)26-21(19(14)11-23)24-12-16-6-5-8-18(10-16)25-13-17-7-3-4-9-20(17)22/h3-10,12H,13H2,1-2H3. The lowest BCUT2D eigenvalue weighted by molar-refractivity contribution is 0.306. The molecule has 0 spiro atoms. The van der Waals surface area contributed by atoms with Crippen molar-refractivity contribution in [3.8, 4) is 11.8 Å². The number of hydrogen-bond acceptors (Lipinski definition) is 4. The summed E-state index contributed by atoms with van der Waals surface area (Å²) in [4.78, 5) is 4.31. The van der Waals surface area contributed by atoms with Gasteiger partial charge in [0.2, 0.25) is 5.88 Å². The molecule has 0 unspecified atom stereocenters. The van der Waals surface area contributed by atoms with Crippen molar-refractivity contribution in [1.82, 2.24) is 0 Å². The second kappa shape index (κ2) is 7.90. The Balaban J connectivity index is 1.75. The van der Waals surface area contributed by atoms with Crippen LogP contribution >= 0.6 is 11.6 Å². The van der Waals surface area contributed by atoms with E-state index in [2.05, 4.69) is 11.1 Å². The molecule has 0 saturated heterocycles. The number of nitrogens with zero attached hydrogens (tertiary/aromatic N) is 2. The van der Waals surface area contributed by atoms with E-state index in [1.165, 1.54) is 0 Å². The molecule has 3 aromatic rings. The molecule has 1 aromatic heterocycles. The quantitative estimate of drug-likeness (QED) is 0.541. The highest BCUT2D eigenvalue weighted by Crippen LogP contribution is 2.28. The average molecular weight is 365 g/mol. The highest BCUT2D eigenvalue weighted by molar-refractivity contribution is 6.31. The van der Waals surface area contributed by atoms with Crippen molar-refractivity contribution >= 4 is 23.7 Å². The fourth-order valence-electron chi connectivity index (χ4n) is 2.43. The van der Waals surface area contributed by atoms with Gasteiger partial charge in [0.1, 0.15) is 29.7 Å². The molecular formula is C21H17ClN2O2. The topological polar surface area (TPSA) is 58.5 Å². The second-order valence-corrected chi connectivity index (χ2v) is 6.19. The molecule has 0 aliphatic carbocycles. The Hall–Kier alpha value is -3.03. The van der Waals surface area contributed by atoms with Gasteiger partial charge in [-0.2, -0.15) is 5.26 Å². The molecule has 0 aliphatic heterocycles. The van der Waals surface area contributed by atoms with Crippen LogP contribution in [0.15, 0.2) is 57.9 Å². The predicted molar refractivity (Wildman–Crippen MR) is 102 cm³/mol. The Morgan fingerprint density at radius 1 is 1.19 bits per heavy atom. The normalized spacial score (nSPS) is 10.8. The van der Waals surface area contributed by atoms with Crippen molar-refractivity contribution in [3.05, 3.63) is 81.6 Å². The van der Waals surface area contributed by atoms with Gasteiger partial charge in [-0.15, -0.1) is 0 Å². The molecule has 0 atom stereocenters. The maximum absolute atomic E-state index is 9.24. The van der Waals surface area contributed by atoms with Crippen molar-refractivity contribution < 1.29 is 9.15 Å². The molecule has 0 N–H and O–H groups in total. The first-order chi connectivity index (χ1) is 12.6. The number of ether oxygens (including phenoxy) is 1. The average Bonchev–Trinajstić information content (AvgIpc) is 2.93. The van der Waals surface area contributed by atoms with Gasteiger partial charge < -0.3 is 9.15 Å². The molecule has 2 aromatic carbocycles. The molecule has 130 valence electrons. The zero-order valence-corrected chi connectivity index (χ0v) is 15.2. The van der Waals surface area contributed by atoms with Crippen LogP contribution in [0.2, 0.25) is 5.02 Å². The highest BCUT2D eigenvalue weighted by Gasteiger charge is 2.12. The lowest BCUT2D eigenvalue weighted by Gasteiger charge is -2.08. The fourth-order valence-corrected chi connectivity index (χ4v) is 2.62. The lowest BCUT2D eigenvalue weighted by atomic mass is 10.2. The molecule has 3 rings (SSSR count). The number of hydrogen-bond donors (Lipinski definition) is 0. The molecule has 0 radical (unpaired) electrons. The first kappa shape index (κ1) is 17.8. The predicted octanol–water partition coefficient (Wildman–Crippen LogP) is 5.75. The monoisotopic (exact) mass is 364 g/mol. The number of aliphatic imine (C=N–C) groups is 1. The van der Waals surface area contributed by atoms with E-state index in [9.17, 15) is 5.26 Å². The van der Waals surface area contributed by atoms with Gasteiger partial charge in [0.05, 0.1) is 0 Å². The van der Waals surface area contributed by atoms with E-state index in [1.807, 2.05) is 62.4 Å². The number of aryl methyl sites for hydroxylation is 1. The van der Waals surface area contributed by atoms with Crippen LogP contribution in [0.3, 0.4) is 0 Å². The van der Waals surface area contributed by atoms with E-state index >= 15 is 0 Å². The third kappa shape index (κ3) is 3.96. The molecule has 1 heterocycles. The van der Waals surface area contributed by atoms with E-state index in [4.69, 9.17) is 20.8 Å². The van der Waals surface area contributed by atoms with Gasteiger partial charge in [-0.3, -0.25) is 0 Å². The summed E-state index contributed by atoms with van der Waals surface area (Å²) in [7, 11) is 0. The van der Waals surface area contributed by atoms with E-state index in [0.717, 1.165) is 16.7 Å². The molecule has 4 nitrogen and oxygen atoms in total. The number of benzene rings is 2. The largest absolute Gasteiger partial charge is 0.489 e. The van der Waals surface area contributed by atoms with Crippen LogP contribution in [0.5, 0.6) is 5.75 Å². The van der Waals surface area contributed by atoms with Crippen molar-refractivity contribution in [2.45, 2.75) is 20.5 Å². The Bertz CT molecular complexity index is 999. The van der Waals surface area contributed by atoms with Gasteiger partial charge in [0.15, 0.2) is 0 Å². The van der Waals surface area contributed by atoms with Gasteiger partial charge in [0, 0.05) is 22.4 Å². The number of rotatable bonds is 5. The van der Waals surface area contributed by atoms with Gasteiger partial charge in [-0.25, -0.2) is 4.99 Å². The summed E-state index contributed by atoms with van der Waals surface area (Å²) in [6.45, 7) is 4.05. The lowest BCUT2D eigenvalue weighted by Crippen LogP contribution is -1.96. The summed E-state index contributed by atoms with van der Waals surface area (Å²) in [5, 5.41) is 9.92. The van der Waals surface area contributed by atoms with E-state index in [0.29, 0.717) is 34.6 Å². The van der Waals surface area contributed by atoms with Gasteiger partial charge >= 0.3 is 0 Å². The Kier molecular flexibility index (Phi) is 5.40. The number of halogens is 1. The van der Waals surface area contributed by atoms with Crippen LogP contribution < -0.4 is 4.74 Å². The summed E-state index contributed by atoms with van der Waals surface area (Å²) in [5.74, 6) is 1.73. The minimum atomic E-state index is 0.324. The summed E-state index contributed by atoms with van der Waals surface area (Å²) < 4.78 is 11.4. The zero-order chi connectivity index (χ0) is 18.5. The van der Waals surface area contributed by atoms with Gasteiger partial charge in [0.25, 0.3) is 0 Å². The van der Waals surface area contributed by atoms with Crippen molar-refractivity contribution in [3.63, 3.8) is 0 Å². The summed E-state index contributed by atoms with van der Waals surface area (Å²) >= 11 is 6.14. The first-order valence-corrected chi connectivity index (χ1v) is 8.46. The molecular weight excluding hydrogens is 348 g/mol. The Morgan fingerprint density at radius 3 is 2.77 bits per heavy atom. The molecule has 0 fully saturated rings. The zero-order valence-electron chi connectivity index (χ0n) is 14.5. The van der Waals surface area contributed by atoms with Crippen molar-refractivity contribution in [2.24, 2.45) is 4.99 Å². The molecule has 0 amide bonds. The first-order valence-electron chi connectivity index (χ1n) is 8.09. The van der Waals surface area contributed by atoms with Gasteiger partial charge in [-0.05, 0) is 37.6 Å². The molecule has 26 heavy (non-hydrogen) atoms. The maximum atomic E-state index is 9.24. The second-order valence-electron chi connectivity index (χ2n) is 5.79. The molecule has 0 bridgehead atoms. The molecule has 0 aliphatic rings. The number of furan rings is 1. The van der Waals surface area contributed by atoms with Crippen LogP contribution in [-0.4, -0.2) is 6.21 Å². The third-order valence-electron chi connectivity index (χ3n) is 4.02. The SMILES string of the molecule is Cc1oc(N=Cc2cccc(OCc3ccccc3Cl)c2)c(C#N)c1C. The summed E-state index contributed by atoms with van der Waals surface area (Å²) in [6, 6.07) is 17.2. The Labute approximate surface area is 157 Å². The van der Waals surface area contributed by atoms with E-state index in [1.54, 1.807) is 6.21 Å². The molecule has 5 heteroatoms. The van der Waals surface area contributed by atoms with Crippen LogP contribution in [-0.2, 0) is 6.61 Å². The van der Waals surface area contributed by atoms with Crippen molar-refractivity contribution in [1.29, 1.82) is 5.26 Å². The molecule has 0 saturated carbocycles. The van der Waals surface area contributed by atoms with Crippen LogP contribution in [0.1, 0.15) is 28.0 Å². The minimum Gasteiger partial charge on any atom is -0.489 e. The van der Waals surface area contributed by atoms with Crippen LogP contribution in [0.4, 0.5) is 5.88 Å². The smallest absolute Gasteiger partial charge is 0.237 e. The van der Waals surface area contributed by atoms with Crippen molar-refractivity contribution in [2.75, 3.05) is 0 Å². The van der Waals surface area contributed by atoms with Gasteiger partial charge in [-0.1, -0.05) is 41.9 Å². The maximum Gasteiger partial charge on any atom is 0.237 e. The Morgan fingerprint density at radius 2 is 2.00 bits per heavy atom. The summed E-state index contributed by atoms with van der Waals surface area (Å²) in [6.07, 6.45) is 1.65. The van der Waals surface area contributed by atoms with E-state index < -0.39 is 0 Å². The third-order valence-corrected chi connectivity index (χ3v) is 4.39. The minimum absolute atomic E-state index is 0.324. The van der Waals surface area contributed by atoms with Crippen LogP contribution in [0, 0.1) is 25.2 Å². The highest BCUT2D eigenvalue weighted by atomic mass is 35.5. The number of nitriles is 1. The van der Waals surface area contributed by atoms with E-state index in [-0.39, 0.29) is 0 Å². The van der Waals surface area contributed by atoms with Crippen LogP contribution in [0.25, 0.3) is 0 Å². The fraction of sp³-hybridized carbons (Fsp3) is 0.143.